The number of amides is 2. The Labute approximate surface area is 114 Å². The Kier molecular flexibility index (Phi) is 2.54. The minimum atomic E-state index is 0.111. The highest BCUT2D eigenvalue weighted by Crippen LogP contribution is 2.43. The Hall–Kier alpha value is -1.51. The lowest BCUT2D eigenvalue weighted by atomic mass is 10.1. The highest BCUT2D eigenvalue weighted by atomic mass is 16.2. The number of nitrogens with one attached hydrogen (secondary N) is 1. The molecular weight excluding hydrogens is 236 g/mol. The number of piperidine rings is 1. The molecule has 2 atom stereocenters. The Morgan fingerprint density at radius 2 is 2.00 bits per heavy atom. The predicted molar refractivity (Wildman–Crippen MR) is 75.3 cm³/mol. The van der Waals surface area contributed by atoms with E-state index in [1.807, 2.05) is 12.1 Å². The first-order valence-corrected chi connectivity index (χ1v) is 7.48. The minimum absolute atomic E-state index is 0.111. The first-order chi connectivity index (χ1) is 9.31. The molecule has 1 heterocycles. The van der Waals surface area contributed by atoms with E-state index in [2.05, 4.69) is 22.3 Å². The molecule has 1 aromatic carbocycles. The van der Waals surface area contributed by atoms with E-state index >= 15 is 0 Å². The summed E-state index contributed by atoms with van der Waals surface area (Å²) in [6, 6.07) is 8.89. The van der Waals surface area contributed by atoms with Crippen molar-refractivity contribution in [2.45, 2.75) is 44.1 Å². The third kappa shape index (κ3) is 2.01. The van der Waals surface area contributed by atoms with Crippen LogP contribution in [0.5, 0.6) is 0 Å². The van der Waals surface area contributed by atoms with Gasteiger partial charge in [0, 0.05) is 18.3 Å². The summed E-state index contributed by atoms with van der Waals surface area (Å²) in [5, 5.41) is 3.15. The van der Waals surface area contributed by atoms with E-state index in [0.717, 1.165) is 18.2 Å². The topological polar surface area (TPSA) is 32.3 Å². The van der Waals surface area contributed by atoms with Gasteiger partial charge in [-0.15, -0.1) is 0 Å². The maximum atomic E-state index is 12.4. The van der Waals surface area contributed by atoms with Crippen molar-refractivity contribution < 1.29 is 4.79 Å². The van der Waals surface area contributed by atoms with Gasteiger partial charge in [-0.3, -0.25) is 0 Å². The molecule has 1 N–H and O–H groups in total. The highest BCUT2D eigenvalue weighted by molar-refractivity contribution is 5.90. The van der Waals surface area contributed by atoms with E-state index in [0.29, 0.717) is 12.0 Å². The molecule has 4 rings (SSSR count). The summed E-state index contributed by atoms with van der Waals surface area (Å²) in [7, 11) is 0. The van der Waals surface area contributed by atoms with E-state index in [9.17, 15) is 4.79 Å². The van der Waals surface area contributed by atoms with Crippen molar-refractivity contribution in [3.8, 4) is 0 Å². The van der Waals surface area contributed by atoms with E-state index in [-0.39, 0.29) is 6.03 Å². The van der Waals surface area contributed by atoms with Gasteiger partial charge in [0.05, 0.1) is 0 Å². The van der Waals surface area contributed by atoms with E-state index in [1.54, 1.807) is 0 Å². The van der Waals surface area contributed by atoms with Crippen molar-refractivity contribution in [2.24, 2.45) is 5.92 Å². The number of para-hydroxylation sites is 1. The van der Waals surface area contributed by atoms with Gasteiger partial charge >= 0.3 is 6.03 Å². The summed E-state index contributed by atoms with van der Waals surface area (Å²) in [4.78, 5) is 14.5. The van der Waals surface area contributed by atoms with Crippen LogP contribution in [0.3, 0.4) is 0 Å². The molecule has 3 heteroatoms. The summed E-state index contributed by atoms with van der Waals surface area (Å²) in [6.45, 7) is 0.960. The summed E-state index contributed by atoms with van der Waals surface area (Å²) in [5.41, 5.74) is 2.35. The van der Waals surface area contributed by atoms with Crippen molar-refractivity contribution in [1.82, 2.24) is 4.90 Å². The molecule has 2 amide bonds. The standard InChI is InChI=1S/C16H20N2O/c19-16(18-10-11-5-8-13(18)9-11)17-15-4-2-1-3-14(15)12-6-7-12/h1-4,11-13H,5-10H2,(H,17,19). The van der Waals surface area contributed by atoms with Crippen molar-refractivity contribution in [3.05, 3.63) is 29.8 Å². The van der Waals surface area contributed by atoms with Gasteiger partial charge in [-0.1, -0.05) is 18.2 Å². The maximum Gasteiger partial charge on any atom is 0.322 e. The molecule has 0 radical (unpaired) electrons. The number of hydrogen-bond donors (Lipinski definition) is 1. The number of fused-ring (bicyclic) bond motifs is 2. The number of hydrogen-bond acceptors (Lipinski definition) is 1. The second-order valence-corrected chi connectivity index (χ2v) is 6.28. The SMILES string of the molecule is O=C(Nc1ccccc1C1CC1)N1CC2CCC1C2. The Balaban J connectivity index is 1.50. The number of urea groups is 1. The zero-order valence-electron chi connectivity index (χ0n) is 11.1. The Morgan fingerprint density at radius 1 is 1.16 bits per heavy atom. The zero-order valence-corrected chi connectivity index (χ0v) is 11.1. The van der Waals surface area contributed by atoms with E-state index in [1.165, 1.54) is 37.7 Å². The van der Waals surface area contributed by atoms with Crippen LogP contribution in [0.4, 0.5) is 10.5 Å². The van der Waals surface area contributed by atoms with E-state index < -0.39 is 0 Å². The van der Waals surface area contributed by atoms with Crippen LogP contribution < -0.4 is 5.32 Å². The normalized spacial score (nSPS) is 28.7. The predicted octanol–water partition coefficient (Wildman–Crippen LogP) is 3.58. The van der Waals surface area contributed by atoms with Gasteiger partial charge < -0.3 is 10.2 Å². The van der Waals surface area contributed by atoms with Crippen molar-refractivity contribution in [1.29, 1.82) is 0 Å². The summed E-state index contributed by atoms with van der Waals surface area (Å²) in [6.07, 6.45) is 6.26. The lowest BCUT2D eigenvalue weighted by molar-refractivity contribution is 0.194. The molecule has 2 saturated carbocycles. The Bertz CT molecular complexity index is 509. The van der Waals surface area contributed by atoms with Crippen LogP contribution in [-0.2, 0) is 0 Å². The monoisotopic (exact) mass is 256 g/mol. The summed E-state index contributed by atoms with van der Waals surface area (Å²) < 4.78 is 0. The molecule has 2 unspecified atom stereocenters. The molecule has 2 bridgehead atoms. The number of rotatable bonds is 2. The van der Waals surface area contributed by atoms with Crippen molar-refractivity contribution in [2.75, 3.05) is 11.9 Å². The molecule has 2 aliphatic carbocycles. The van der Waals surface area contributed by atoms with E-state index in [4.69, 9.17) is 0 Å². The number of anilines is 1. The number of likely N-dealkylation sites (tertiary alicyclic amines) is 1. The van der Waals surface area contributed by atoms with Gasteiger partial charge in [0.1, 0.15) is 0 Å². The van der Waals surface area contributed by atoms with Crippen LogP contribution in [0.1, 0.15) is 43.6 Å². The second-order valence-electron chi connectivity index (χ2n) is 6.28. The lowest BCUT2D eigenvalue weighted by Crippen LogP contribution is -2.40. The molecule has 0 spiro atoms. The second kappa shape index (κ2) is 4.26. The Morgan fingerprint density at radius 3 is 2.68 bits per heavy atom. The maximum absolute atomic E-state index is 12.4. The van der Waals surface area contributed by atoms with Crippen molar-refractivity contribution >= 4 is 11.7 Å². The first kappa shape index (κ1) is 11.3. The van der Waals surface area contributed by atoms with Crippen LogP contribution in [0, 0.1) is 5.92 Å². The van der Waals surface area contributed by atoms with Crippen LogP contribution in [-0.4, -0.2) is 23.5 Å². The number of carbonyl (C=O) groups excluding carboxylic acids is 1. The van der Waals surface area contributed by atoms with Crippen LogP contribution in [0.15, 0.2) is 24.3 Å². The fourth-order valence-corrected chi connectivity index (χ4v) is 3.72. The third-order valence-electron chi connectivity index (χ3n) is 4.89. The smallest absolute Gasteiger partial charge is 0.321 e. The van der Waals surface area contributed by atoms with Crippen LogP contribution >= 0.6 is 0 Å². The molecule has 3 fully saturated rings. The van der Waals surface area contributed by atoms with Crippen LogP contribution in [0.25, 0.3) is 0 Å². The summed E-state index contributed by atoms with van der Waals surface area (Å²) in [5.74, 6) is 1.43. The molecule has 1 saturated heterocycles. The lowest BCUT2D eigenvalue weighted by Gasteiger charge is -2.27. The van der Waals surface area contributed by atoms with Crippen molar-refractivity contribution in [3.63, 3.8) is 0 Å². The average Bonchev–Trinajstić information content (AvgIpc) is 3.06. The largest absolute Gasteiger partial charge is 0.322 e. The quantitative estimate of drug-likeness (QED) is 0.861. The van der Waals surface area contributed by atoms with Gasteiger partial charge in [-0.2, -0.15) is 0 Å². The van der Waals surface area contributed by atoms with Gasteiger partial charge in [-0.25, -0.2) is 4.79 Å². The van der Waals surface area contributed by atoms with Gasteiger partial charge in [0.15, 0.2) is 0 Å². The molecule has 0 aromatic heterocycles. The molecule has 1 aromatic rings. The van der Waals surface area contributed by atoms with Gasteiger partial charge in [0.25, 0.3) is 0 Å². The fraction of sp³-hybridized carbons (Fsp3) is 0.562. The number of nitrogens with zero attached hydrogens (tertiary/aromatic N) is 1. The fourth-order valence-electron chi connectivity index (χ4n) is 3.72. The number of benzene rings is 1. The number of carbonyl (C=O) groups is 1. The first-order valence-electron chi connectivity index (χ1n) is 7.48. The molecule has 3 aliphatic rings. The highest BCUT2D eigenvalue weighted by Gasteiger charge is 2.40. The van der Waals surface area contributed by atoms with Gasteiger partial charge in [-0.05, 0) is 55.6 Å². The zero-order chi connectivity index (χ0) is 12.8. The van der Waals surface area contributed by atoms with Gasteiger partial charge in [0.2, 0.25) is 0 Å². The minimum Gasteiger partial charge on any atom is -0.321 e. The third-order valence-corrected chi connectivity index (χ3v) is 4.89. The molecule has 1 aliphatic heterocycles. The van der Waals surface area contributed by atoms with Crippen LogP contribution in [0.2, 0.25) is 0 Å². The molecule has 3 nitrogen and oxygen atoms in total. The molecule has 100 valence electrons. The average molecular weight is 256 g/mol. The molecular formula is C16H20N2O. The molecule has 19 heavy (non-hydrogen) atoms. The summed E-state index contributed by atoms with van der Waals surface area (Å²) >= 11 is 0.